The number of amides is 2. The van der Waals surface area contributed by atoms with E-state index in [1.165, 1.54) is 4.90 Å². The molecule has 3 aliphatic rings. The fraction of sp³-hybridized carbons (Fsp3) is 0.633. The number of hydrogen-bond donors (Lipinski definition) is 1. The Labute approximate surface area is 240 Å². The maximum absolute atomic E-state index is 14.8. The first-order valence-corrected chi connectivity index (χ1v) is 14.7. The van der Waals surface area contributed by atoms with E-state index in [4.69, 9.17) is 9.47 Å². The number of nitrogens with zero attached hydrogens (tertiary/aromatic N) is 5. The van der Waals surface area contributed by atoms with Gasteiger partial charge < -0.3 is 24.4 Å². The highest BCUT2D eigenvalue weighted by Crippen LogP contribution is 2.65. The summed E-state index contributed by atoms with van der Waals surface area (Å²) in [6.45, 7) is 11.6. The van der Waals surface area contributed by atoms with Crippen LogP contribution in [0.25, 0.3) is 11.0 Å². The van der Waals surface area contributed by atoms with E-state index < -0.39 is 41.1 Å². The van der Waals surface area contributed by atoms with Crippen LogP contribution in [0.15, 0.2) is 36.9 Å². The highest BCUT2D eigenvalue weighted by atomic mass is 16.6. The molecule has 7 atom stereocenters. The third-order valence-electron chi connectivity index (χ3n) is 9.62. The molecule has 1 N–H and O–H groups in total. The summed E-state index contributed by atoms with van der Waals surface area (Å²) < 4.78 is 13.9. The molecule has 0 aliphatic carbocycles. The normalized spacial score (nSPS) is 29.9. The molecule has 2 unspecified atom stereocenters. The molecule has 4 heterocycles. The van der Waals surface area contributed by atoms with Gasteiger partial charge in [0.25, 0.3) is 0 Å². The van der Waals surface area contributed by atoms with Crippen LogP contribution < -0.4 is 0 Å². The SMILES string of the molecule is C=CCN(Cn1nnc2ccccc21)C(=O)C1N([C@@H](CO)[C@@H](C)CC)C(=O)[C@@H]2[C@H](C(=O)OCC)[C@]3(CC)CCC12O3. The van der Waals surface area contributed by atoms with E-state index >= 15 is 0 Å². The van der Waals surface area contributed by atoms with Crippen molar-refractivity contribution in [2.24, 2.45) is 17.8 Å². The Morgan fingerprint density at radius 1 is 1.29 bits per heavy atom. The van der Waals surface area contributed by atoms with Gasteiger partial charge in [-0.15, -0.1) is 11.7 Å². The third-order valence-corrected chi connectivity index (χ3v) is 9.62. The molecule has 11 heteroatoms. The first-order chi connectivity index (χ1) is 19.7. The van der Waals surface area contributed by atoms with Gasteiger partial charge in [0, 0.05) is 6.54 Å². The molecular formula is C30H41N5O6. The van der Waals surface area contributed by atoms with Gasteiger partial charge >= 0.3 is 5.97 Å². The van der Waals surface area contributed by atoms with Gasteiger partial charge in [-0.1, -0.05) is 50.6 Å². The number of esters is 1. The van der Waals surface area contributed by atoms with E-state index in [0.717, 1.165) is 5.52 Å². The molecule has 3 saturated heterocycles. The minimum Gasteiger partial charge on any atom is -0.466 e. The van der Waals surface area contributed by atoms with Crippen molar-refractivity contribution in [2.75, 3.05) is 19.8 Å². The second-order valence-electron chi connectivity index (χ2n) is 11.5. The number of ether oxygens (including phenoxy) is 2. The molecule has 2 amide bonds. The molecule has 1 aromatic carbocycles. The van der Waals surface area contributed by atoms with Gasteiger partial charge in [-0.05, 0) is 44.2 Å². The number of rotatable bonds is 12. The molecule has 3 aliphatic heterocycles. The van der Waals surface area contributed by atoms with Crippen LogP contribution in [0, 0.1) is 17.8 Å². The summed E-state index contributed by atoms with van der Waals surface area (Å²) in [5, 5.41) is 19.1. The van der Waals surface area contributed by atoms with Crippen molar-refractivity contribution in [1.82, 2.24) is 24.8 Å². The standard InChI is InChI=1S/C30H41N5O6/c1-6-16-33(18-34-21-13-11-10-12-20(21)31-32-34)27(38)25-30-15-14-29(8-3,41-30)24(28(39)40-9-4)23(30)26(37)35(25)22(17-36)19(5)7-2/h6,10-13,19,22-25,36H,1,7-9,14-18H2,2-5H3/t19-,22-,23-,24+,25?,29-,30?/m0/s1. The van der Waals surface area contributed by atoms with Crippen molar-refractivity contribution in [3.63, 3.8) is 0 Å². The van der Waals surface area contributed by atoms with Crippen LogP contribution in [-0.4, -0.2) is 90.7 Å². The number of carbonyl (C=O) groups excluding carboxylic acids is 3. The molecule has 2 aromatic rings. The van der Waals surface area contributed by atoms with Gasteiger partial charge in [0.05, 0.1) is 36.3 Å². The molecule has 11 nitrogen and oxygen atoms in total. The van der Waals surface area contributed by atoms with Crippen molar-refractivity contribution in [3.05, 3.63) is 36.9 Å². The molecule has 5 rings (SSSR count). The Bertz CT molecular complexity index is 1330. The summed E-state index contributed by atoms with van der Waals surface area (Å²) >= 11 is 0. The van der Waals surface area contributed by atoms with Gasteiger partial charge in [-0.2, -0.15) is 0 Å². The average Bonchev–Trinajstić information content (AvgIpc) is 3.70. The summed E-state index contributed by atoms with van der Waals surface area (Å²) in [6.07, 6.45) is 3.83. The minimum atomic E-state index is -1.22. The number of para-hydroxylation sites is 1. The Kier molecular flexibility index (Phi) is 7.95. The number of aliphatic hydroxyl groups excluding tert-OH is 1. The number of benzene rings is 1. The largest absolute Gasteiger partial charge is 0.466 e. The summed E-state index contributed by atoms with van der Waals surface area (Å²) in [7, 11) is 0. The van der Waals surface area contributed by atoms with Gasteiger partial charge in [0.15, 0.2) is 0 Å². The molecular weight excluding hydrogens is 526 g/mol. The Morgan fingerprint density at radius 2 is 2.05 bits per heavy atom. The third kappa shape index (κ3) is 4.35. The van der Waals surface area contributed by atoms with E-state index in [0.29, 0.717) is 31.2 Å². The lowest BCUT2D eigenvalue weighted by atomic mass is 9.65. The van der Waals surface area contributed by atoms with Gasteiger partial charge in [0.2, 0.25) is 11.8 Å². The Morgan fingerprint density at radius 3 is 2.71 bits per heavy atom. The van der Waals surface area contributed by atoms with Crippen molar-refractivity contribution >= 4 is 28.8 Å². The lowest BCUT2D eigenvalue weighted by Crippen LogP contribution is -2.60. The maximum Gasteiger partial charge on any atom is 0.312 e. The molecule has 0 radical (unpaired) electrons. The van der Waals surface area contributed by atoms with Crippen molar-refractivity contribution in [1.29, 1.82) is 0 Å². The topological polar surface area (TPSA) is 127 Å². The Balaban J connectivity index is 1.61. The zero-order valence-electron chi connectivity index (χ0n) is 24.4. The first-order valence-electron chi connectivity index (χ1n) is 14.7. The van der Waals surface area contributed by atoms with Crippen LogP contribution in [0.4, 0.5) is 0 Å². The Hall–Kier alpha value is -3.31. The highest BCUT2D eigenvalue weighted by Gasteiger charge is 2.79. The number of hydrogen-bond acceptors (Lipinski definition) is 8. The monoisotopic (exact) mass is 567 g/mol. The van der Waals surface area contributed by atoms with Gasteiger partial charge in [-0.25, -0.2) is 4.68 Å². The zero-order valence-corrected chi connectivity index (χ0v) is 24.4. The summed E-state index contributed by atoms with van der Waals surface area (Å²) in [6, 6.07) is 5.83. The van der Waals surface area contributed by atoms with E-state index in [1.54, 1.807) is 22.6 Å². The van der Waals surface area contributed by atoms with E-state index in [9.17, 15) is 19.5 Å². The number of likely N-dealkylation sites (tertiary alicyclic amines) is 1. The molecule has 2 bridgehead atoms. The highest BCUT2D eigenvalue weighted by molar-refractivity contribution is 5.98. The molecule has 0 saturated carbocycles. The lowest BCUT2D eigenvalue weighted by molar-refractivity contribution is -0.164. The number of aliphatic hydroxyl groups is 1. The smallest absolute Gasteiger partial charge is 0.312 e. The fourth-order valence-electron chi connectivity index (χ4n) is 7.43. The summed E-state index contributed by atoms with van der Waals surface area (Å²) in [4.78, 5) is 45.8. The second-order valence-corrected chi connectivity index (χ2v) is 11.5. The van der Waals surface area contributed by atoms with Crippen LogP contribution in [0.2, 0.25) is 0 Å². The molecule has 222 valence electrons. The number of carbonyl (C=O) groups is 3. The second kappa shape index (κ2) is 11.2. The molecule has 41 heavy (non-hydrogen) atoms. The fourth-order valence-corrected chi connectivity index (χ4v) is 7.43. The average molecular weight is 568 g/mol. The minimum absolute atomic E-state index is 0.0813. The first kappa shape index (κ1) is 29.2. The zero-order chi connectivity index (χ0) is 29.5. The molecule has 1 spiro atoms. The maximum atomic E-state index is 14.8. The predicted octanol–water partition coefficient (Wildman–Crippen LogP) is 2.53. The van der Waals surface area contributed by atoms with Crippen molar-refractivity contribution in [3.8, 4) is 0 Å². The van der Waals surface area contributed by atoms with Gasteiger partial charge in [-0.3, -0.25) is 14.4 Å². The van der Waals surface area contributed by atoms with Crippen LogP contribution in [0.5, 0.6) is 0 Å². The van der Waals surface area contributed by atoms with E-state index in [2.05, 4.69) is 16.9 Å². The van der Waals surface area contributed by atoms with Crippen LogP contribution >= 0.6 is 0 Å². The van der Waals surface area contributed by atoms with E-state index in [-0.39, 0.29) is 44.2 Å². The number of fused-ring (bicyclic) bond motifs is 2. The van der Waals surface area contributed by atoms with Gasteiger partial charge in [0.1, 0.15) is 29.7 Å². The quantitative estimate of drug-likeness (QED) is 0.306. The van der Waals surface area contributed by atoms with Crippen LogP contribution in [0.1, 0.15) is 53.4 Å². The van der Waals surface area contributed by atoms with Crippen molar-refractivity contribution < 1.29 is 29.0 Å². The summed E-state index contributed by atoms with van der Waals surface area (Å²) in [5.41, 5.74) is -0.630. The summed E-state index contributed by atoms with van der Waals surface area (Å²) in [5.74, 6) is -2.93. The molecule has 3 fully saturated rings. The predicted molar refractivity (Wildman–Crippen MR) is 150 cm³/mol. The number of aromatic nitrogens is 3. The lowest BCUT2D eigenvalue weighted by Gasteiger charge is -2.41. The van der Waals surface area contributed by atoms with E-state index in [1.807, 2.05) is 45.0 Å². The van der Waals surface area contributed by atoms with Crippen molar-refractivity contribution in [2.45, 2.75) is 83.3 Å². The molecule has 1 aromatic heterocycles. The van der Waals surface area contributed by atoms with Crippen LogP contribution in [0.3, 0.4) is 0 Å². The van der Waals surface area contributed by atoms with Crippen LogP contribution in [-0.2, 0) is 30.5 Å².